The Bertz CT molecular complexity index is 899. The summed E-state index contributed by atoms with van der Waals surface area (Å²) in [6.07, 6.45) is 0. The van der Waals surface area contributed by atoms with Gasteiger partial charge < -0.3 is 14.6 Å². The van der Waals surface area contributed by atoms with Gasteiger partial charge >= 0.3 is 0 Å². The van der Waals surface area contributed by atoms with Gasteiger partial charge in [-0.25, -0.2) is 0 Å². The number of rotatable bonds is 6. The summed E-state index contributed by atoms with van der Waals surface area (Å²) in [5, 5.41) is 7.05. The van der Waals surface area contributed by atoms with Crippen LogP contribution in [0.25, 0.3) is 11.4 Å². The van der Waals surface area contributed by atoms with Crippen LogP contribution in [0.4, 0.5) is 0 Å². The number of ether oxygens (including phenoxy) is 1. The van der Waals surface area contributed by atoms with Crippen LogP contribution in [0.5, 0.6) is 5.75 Å². The van der Waals surface area contributed by atoms with Crippen molar-refractivity contribution in [2.24, 2.45) is 5.92 Å². The van der Waals surface area contributed by atoms with Crippen LogP contribution in [0.15, 0.2) is 53.1 Å². The Labute approximate surface area is 158 Å². The van der Waals surface area contributed by atoms with Gasteiger partial charge in [0.15, 0.2) is 0 Å². The first-order valence-electron chi connectivity index (χ1n) is 8.83. The van der Waals surface area contributed by atoms with Crippen molar-refractivity contribution in [2.45, 2.75) is 26.8 Å². The monoisotopic (exact) mass is 365 g/mol. The van der Waals surface area contributed by atoms with Gasteiger partial charge in [0.2, 0.25) is 11.7 Å². The molecule has 3 aromatic rings. The highest BCUT2D eigenvalue weighted by Gasteiger charge is 2.25. The molecule has 2 aromatic carbocycles. The summed E-state index contributed by atoms with van der Waals surface area (Å²) >= 11 is 0. The average Bonchev–Trinajstić information content (AvgIpc) is 3.16. The molecule has 0 saturated carbocycles. The lowest BCUT2D eigenvalue weighted by molar-refractivity contribution is 0.0914. The Kier molecular flexibility index (Phi) is 5.54. The first-order chi connectivity index (χ1) is 13.0. The molecule has 0 unspecified atom stereocenters. The number of aryl methyl sites for hydroxylation is 1. The lowest BCUT2D eigenvalue weighted by atomic mass is 10.0. The van der Waals surface area contributed by atoms with Crippen molar-refractivity contribution in [1.29, 1.82) is 0 Å². The highest BCUT2D eigenvalue weighted by molar-refractivity contribution is 5.94. The molecular weight excluding hydrogens is 342 g/mol. The Balaban J connectivity index is 1.79. The van der Waals surface area contributed by atoms with Crippen LogP contribution in [0, 0.1) is 12.8 Å². The van der Waals surface area contributed by atoms with E-state index in [1.807, 2.05) is 45.0 Å². The Morgan fingerprint density at radius 3 is 2.33 bits per heavy atom. The zero-order chi connectivity index (χ0) is 19.4. The lowest BCUT2D eigenvalue weighted by Crippen LogP contribution is -2.32. The Morgan fingerprint density at radius 1 is 1.07 bits per heavy atom. The SMILES string of the molecule is COc1ccc(C(=O)N[C@@H](c2nc(-c3ccc(C)cc3)no2)C(C)C)cc1. The van der Waals surface area contributed by atoms with Gasteiger partial charge in [0, 0.05) is 11.1 Å². The van der Waals surface area contributed by atoms with Gasteiger partial charge in [-0.2, -0.15) is 4.98 Å². The molecule has 0 saturated heterocycles. The molecule has 0 fully saturated rings. The van der Waals surface area contributed by atoms with Crippen molar-refractivity contribution < 1.29 is 14.1 Å². The second-order valence-electron chi connectivity index (χ2n) is 6.75. The van der Waals surface area contributed by atoms with Crippen molar-refractivity contribution in [3.05, 3.63) is 65.5 Å². The number of amides is 1. The van der Waals surface area contributed by atoms with Gasteiger partial charge in [0.1, 0.15) is 11.8 Å². The number of nitrogens with zero attached hydrogens (tertiary/aromatic N) is 2. The van der Waals surface area contributed by atoms with Gasteiger partial charge in [-0.15, -0.1) is 0 Å². The van der Waals surface area contributed by atoms with Crippen molar-refractivity contribution in [3.63, 3.8) is 0 Å². The van der Waals surface area contributed by atoms with Crippen LogP contribution >= 0.6 is 0 Å². The number of hydrogen-bond acceptors (Lipinski definition) is 5. The first-order valence-corrected chi connectivity index (χ1v) is 8.83. The Morgan fingerprint density at radius 2 is 1.74 bits per heavy atom. The minimum atomic E-state index is -0.383. The third-order valence-corrected chi connectivity index (χ3v) is 4.32. The topological polar surface area (TPSA) is 77.2 Å². The van der Waals surface area contributed by atoms with Gasteiger partial charge in [-0.05, 0) is 37.1 Å². The number of carbonyl (C=O) groups is 1. The van der Waals surface area contributed by atoms with E-state index < -0.39 is 0 Å². The molecule has 1 amide bonds. The zero-order valence-corrected chi connectivity index (χ0v) is 15.9. The quantitative estimate of drug-likeness (QED) is 0.709. The van der Waals surface area contributed by atoms with Gasteiger partial charge in [0.25, 0.3) is 5.91 Å². The van der Waals surface area contributed by atoms with E-state index in [1.165, 1.54) is 0 Å². The third kappa shape index (κ3) is 4.34. The van der Waals surface area contributed by atoms with E-state index in [4.69, 9.17) is 9.26 Å². The third-order valence-electron chi connectivity index (χ3n) is 4.32. The van der Waals surface area contributed by atoms with E-state index in [1.54, 1.807) is 31.4 Å². The number of nitrogens with one attached hydrogen (secondary N) is 1. The summed E-state index contributed by atoms with van der Waals surface area (Å²) in [5.41, 5.74) is 2.58. The molecule has 0 aliphatic rings. The molecule has 0 radical (unpaired) electrons. The van der Waals surface area contributed by atoms with Gasteiger partial charge in [0.05, 0.1) is 7.11 Å². The minimum Gasteiger partial charge on any atom is -0.497 e. The van der Waals surface area contributed by atoms with E-state index in [0.717, 1.165) is 11.1 Å². The van der Waals surface area contributed by atoms with Crippen LogP contribution < -0.4 is 10.1 Å². The second-order valence-corrected chi connectivity index (χ2v) is 6.75. The van der Waals surface area contributed by atoms with Crippen LogP contribution in [0.1, 0.15) is 41.7 Å². The molecule has 27 heavy (non-hydrogen) atoms. The fraction of sp³-hybridized carbons (Fsp3) is 0.286. The molecule has 6 nitrogen and oxygen atoms in total. The standard InChI is InChI=1S/C21H23N3O3/c1-13(2)18(22-20(25)16-9-11-17(26-4)12-10-16)21-23-19(24-27-21)15-7-5-14(3)6-8-15/h5-13,18H,1-4H3,(H,22,25)/t18-/m1/s1. The maximum atomic E-state index is 12.6. The second kappa shape index (κ2) is 8.03. The fourth-order valence-electron chi connectivity index (χ4n) is 2.66. The van der Waals surface area contributed by atoms with Gasteiger partial charge in [-0.3, -0.25) is 4.79 Å². The predicted molar refractivity (Wildman–Crippen MR) is 103 cm³/mol. The number of hydrogen-bond donors (Lipinski definition) is 1. The maximum absolute atomic E-state index is 12.6. The van der Waals surface area contributed by atoms with Crippen molar-refractivity contribution in [3.8, 4) is 17.1 Å². The van der Waals surface area contributed by atoms with E-state index in [-0.39, 0.29) is 17.9 Å². The highest BCUT2D eigenvalue weighted by atomic mass is 16.5. The van der Waals surface area contributed by atoms with E-state index in [9.17, 15) is 4.79 Å². The molecule has 0 aliphatic heterocycles. The van der Waals surface area contributed by atoms with Crippen LogP contribution in [0.3, 0.4) is 0 Å². The summed E-state index contributed by atoms with van der Waals surface area (Å²) in [5.74, 6) is 1.48. The largest absolute Gasteiger partial charge is 0.497 e. The average molecular weight is 365 g/mol. The van der Waals surface area contributed by atoms with Crippen LogP contribution in [-0.4, -0.2) is 23.2 Å². The van der Waals surface area contributed by atoms with Crippen molar-refractivity contribution >= 4 is 5.91 Å². The number of aromatic nitrogens is 2. The smallest absolute Gasteiger partial charge is 0.251 e. The van der Waals surface area contributed by atoms with E-state index >= 15 is 0 Å². The summed E-state index contributed by atoms with van der Waals surface area (Å²) in [6, 6.07) is 14.4. The van der Waals surface area contributed by atoms with Crippen LogP contribution in [-0.2, 0) is 0 Å². The molecule has 1 heterocycles. The highest BCUT2D eigenvalue weighted by Crippen LogP contribution is 2.24. The molecule has 6 heteroatoms. The number of methoxy groups -OCH3 is 1. The number of benzene rings is 2. The van der Waals surface area contributed by atoms with Crippen LogP contribution in [0.2, 0.25) is 0 Å². The minimum absolute atomic E-state index is 0.0820. The zero-order valence-electron chi connectivity index (χ0n) is 15.9. The summed E-state index contributed by atoms with van der Waals surface area (Å²) in [6.45, 7) is 6.01. The van der Waals surface area contributed by atoms with Gasteiger partial charge in [-0.1, -0.05) is 48.8 Å². The molecule has 3 rings (SSSR count). The summed E-state index contributed by atoms with van der Waals surface area (Å²) < 4.78 is 10.6. The van der Waals surface area contributed by atoms with Crippen molar-refractivity contribution in [2.75, 3.05) is 7.11 Å². The van der Waals surface area contributed by atoms with E-state index in [0.29, 0.717) is 23.0 Å². The molecule has 1 atom stereocenters. The molecule has 1 aromatic heterocycles. The first kappa shape index (κ1) is 18.6. The molecule has 1 N–H and O–H groups in total. The predicted octanol–water partition coefficient (Wildman–Crippen LogP) is 4.18. The number of carbonyl (C=O) groups excluding carboxylic acids is 1. The molecular formula is C21H23N3O3. The summed E-state index contributed by atoms with van der Waals surface area (Å²) in [4.78, 5) is 17.1. The molecule has 140 valence electrons. The molecule has 0 aliphatic carbocycles. The Hall–Kier alpha value is -3.15. The fourth-order valence-corrected chi connectivity index (χ4v) is 2.66. The molecule has 0 spiro atoms. The van der Waals surface area contributed by atoms with Crippen molar-refractivity contribution in [1.82, 2.24) is 15.5 Å². The maximum Gasteiger partial charge on any atom is 0.251 e. The molecule has 0 bridgehead atoms. The lowest BCUT2D eigenvalue weighted by Gasteiger charge is -2.18. The summed E-state index contributed by atoms with van der Waals surface area (Å²) in [7, 11) is 1.59. The normalized spacial score (nSPS) is 12.0. The van der Waals surface area contributed by atoms with E-state index in [2.05, 4.69) is 15.5 Å².